The molecular weight excluding hydrogens is 344 g/mol. The van der Waals surface area contributed by atoms with Crippen LogP contribution in [-0.4, -0.2) is 17.5 Å². The van der Waals surface area contributed by atoms with Crippen LogP contribution < -0.4 is 10.1 Å². The summed E-state index contributed by atoms with van der Waals surface area (Å²) >= 11 is 7.39. The summed E-state index contributed by atoms with van der Waals surface area (Å²) in [6.07, 6.45) is 1.03. The van der Waals surface area contributed by atoms with E-state index in [2.05, 4.69) is 10.3 Å². The molecule has 0 spiro atoms. The molecule has 0 unspecified atom stereocenters. The number of aryl methyl sites for hydroxylation is 1. The van der Waals surface area contributed by atoms with Crippen LogP contribution in [0.15, 0.2) is 42.5 Å². The first-order chi connectivity index (χ1) is 11.6. The Morgan fingerprint density at radius 3 is 2.92 bits per heavy atom. The smallest absolute Gasteiger partial charge is 0.226 e. The van der Waals surface area contributed by atoms with Crippen LogP contribution in [0.5, 0.6) is 5.75 Å². The Morgan fingerprint density at radius 1 is 1.29 bits per heavy atom. The van der Waals surface area contributed by atoms with Crippen LogP contribution in [0.2, 0.25) is 5.02 Å². The standard InChI is InChI=1S/C18H17ClN2O2S/c1-12-11-13(19)8-9-15(12)23-10-4-7-17(22)21-18-20-14-5-2-3-6-16(14)24-18/h2-3,5-6,8-9,11H,4,7,10H2,1H3,(H,20,21,22). The average Bonchev–Trinajstić information content (AvgIpc) is 2.95. The molecule has 4 nitrogen and oxygen atoms in total. The number of para-hydroxylation sites is 1. The van der Waals surface area contributed by atoms with E-state index in [4.69, 9.17) is 16.3 Å². The molecule has 3 aromatic rings. The molecule has 0 atom stereocenters. The molecule has 0 aliphatic rings. The van der Waals surface area contributed by atoms with Crippen LogP contribution in [0, 0.1) is 6.92 Å². The predicted molar refractivity (Wildman–Crippen MR) is 99.2 cm³/mol. The van der Waals surface area contributed by atoms with E-state index in [-0.39, 0.29) is 5.91 Å². The summed E-state index contributed by atoms with van der Waals surface area (Å²) in [5.74, 6) is 0.747. The van der Waals surface area contributed by atoms with Gasteiger partial charge >= 0.3 is 0 Å². The number of anilines is 1. The molecule has 0 aliphatic carbocycles. The summed E-state index contributed by atoms with van der Waals surface area (Å²) in [4.78, 5) is 16.4. The SMILES string of the molecule is Cc1cc(Cl)ccc1OCCCC(=O)Nc1nc2ccccc2s1. The van der Waals surface area contributed by atoms with E-state index < -0.39 is 0 Å². The molecule has 0 radical (unpaired) electrons. The van der Waals surface area contributed by atoms with Crippen molar-refractivity contribution in [3.8, 4) is 5.75 Å². The van der Waals surface area contributed by atoms with E-state index in [1.54, 1.807) is 6.07 Å². The molecular formula is C18H17ClN2O2S. The molecule has 2 aromatic carbocycles. The van der Waals surface area contributed by atoms with Crippen molar-refractivity contribution in [1.82, 2.24) is 4.98 Å². The largest absolute Gasteiger partial charge is 0.493 e. The molecule has 3 rings (SSSR count). The number of hydrogen-bond acceptors (Lipinski definition) is 4. The van der Waals surface area contributed by atoms with Crippen molar-refractivity contribution in [3.05, 3.63) is 53.1 Å². The Balaban J connectivity index is 1.45. The van der Waals surface area contributed by atoms with Gasteiger partial charge in [-0.2, -0.15) is 0 Å². The van der Waals surface area contributed by atoms with E-state index in [1.165, 1.54) is 11.3 Å². The summed E-state index contributed by atoms with van der Waals surface area (Å²) in [5.41, 5.74) is 1.89. The third-order valence-corrected chi connectivity index (χ3v) is 4.67. The predicted octanol–water partition coefficient (Wildman–Crippen LogP) is 5.06. The Hall–Kier alpha value is -2.11. The van der Waals surface area contributed by atoms with Crippen molar-refractivity contribution < 1.29 is 9.53 Å². The first-order valence-electron chi connectivity index (χ1n) is 7.66. The first-order valence-corrected chi connectivity index (χ1v) is 8.85. The van der Waals surface area contributed by atoms with Gasteiger partial charge in [-0.05, 0) is 49.2 Å². The third-order valence-electron chi connectivity index (χ3n) is 3.48. The Kier molecular flexibility index (Phi) is 5.33. The normalized spacial score (nSPS) is 10.8. The van der Waals surface area contributed by atoms with Crippen LogP contribution in [0.4, 0.5) is 5.13 Å². The molecule has 0 saturated heterocycles. The van der Waals surface area contributed by atoms with Crippen molar-refractivity contribution in [2.24, 2.45) is 0 Å². The highest BCUT2D eigenvalue weighted by atomic mass is 35.5. The minimum Gasteiger partial charge on any atom is -0.493 e. The number of thiazole rings is 1. The quantitative estimate of drug-likeness (QED) is 0.625. The van der Waals surface area contributed by atoms with Gasteiger partial charge in [-0.1, -0.05) is 35.1 Å². The van der Waals surface area contributed by atoms with Gasteiger partial charge in [0.2, 0.25) is 5.91 Å². The van der Waals surface area contributed by atoms with E-state index in [1.807, 2.05) is 43.3 Å². The number of nitrogens with zero attached hydrogens (tertiary/aromatic N) is 1. The molecule has 0 aliphatic heterocycles. The number of nitrogens with one attached hydrogen (secondary N) is 1. The Morgan fingerprint density at radius 2 is 2.12 bits per heavy atom. The van der Waals surface area contributed by atoms with E-state index in [9.17, 15) is 4.79 Å². The van der Waals surface area contributed by atoms with Crippen molar-refractivity contribution in [2.75, 3.05) is 11.9 Å². The fourth-order valence-corrected chi connectivity index (χ4v) is 3.41. The maximum Gasteiger partial charge on any atom is 0.226 e. The molecule has 24 heavy (non-hydrogen) atoms. The first kappa shape index (κ1) is 16.7. The summed E-state index contributed by atoms with van der Waals surface area (Å²) < 4.78 is 6.75. The van der Waals surface area contributed by atoms with Gasteiger partial charge < -0.3 is 10.1 Å². The molecule has 0 bridgehead atoms. The van der Waals surface area contributed by atoms with Gasteiger partial charge in [-0.15, -0.1) is 0 Å². The fraction of sp³-hybridized carbons (Fsp3) is 0.222. The fourth-order valence-electron chi connectivity index (χ4n) is 2.30. The molecule has 1 aromatic heterocycles. The lowest BCUT2D eigenvalue weighted by Crippen LogP contribution is -2.12. The molecule has 0 saturated carbocycles. The highest BCUT2D eigenvalue weighted by molar-refractivity contribution is 7.22. The van der Waals surface area contributed by atoms with Gasteiger partial charge in [0.25, 0.3) is 0 Å². The minimum absolute atomic E-state index is 0.0505. The lowest BCUT2D eigenvalue weighted by molar-refractivity contribution is -0.116. The number of rotatable bonds is 6. The zero-order valence-electron chi connectivity index (χ0n) is 13.2. The highest BCUT2D eigenvalue weighted by Crippen LogP contribution is 2.25. The number of carbonyl (C=O) groups is 1. The second kappa shape index (κ2) is 7.64. The van der Waals surface area contributed by atoms with Crippen LogP contribution in [0.25, 0.3) is 10.2 Å². The summed E-state index contributed by atoms with van der Waals surface area (Å²) in [6.45, 7) is 2.43. The topological polar surface area (TPSA) is 51.2 Å². The lowest BCUT2D eigenvalue weighted by Gasteiger charge is -2.09. The number of carbonyl (C=O) groups excluding carboxylic acids is 1. The highest BCUT2D eigenvalue weighted by Gasteiger charge is 2.08. The van der Waals surface area contributed by atoms with Gasteiger partial charge in [0, 0.05) is 11.4 Å². The summed E-state index contributed by atoms with van der Waals surface area (Å²) in [6, 6.07) is 13.3. The number of amides is 1. The number of halogens is 1. The third kappa shape index (κ3) is 4.24. The van der Waals surface area contributed by atoms with Crippen molar-refractivity contribution in [2.45, 2.75) is 19.8 Å². The van der Waals surface area contributed by atoms with Crippen molar-refractivity contribution in [3.63, 3.8) is 0 Å². The molecule has 1 amide bonds. The Bertz CT molecular complexity index is 830. The number of hydrogen-bond donors (Lipinski definition) is 1. The molecule has 1 N–H and O–H groups in total. The number of ether oxygens (including phenoxy) is 1. The second-order valence-corrected chi connectivity index (χ2v) is 6.86. The second-order valence-electron chi connectivity index (χ2n) is 5.40. The average molecular weight is 361 g/mol. The van der Waals surface area contributed by atoms with Gasteiger partial charge in [0.15, 0.2) is 5.13 Å². The van der Waals surface area contributed by atoms with Crippen LogP contribution in [-0.2, 0) is 4.79 Å². The van der Waals surface area contributed by atoms with Gasteiger partial charge in [0.1, 0.15) is 5.75 Å². The van der Waals surface area contributed by atoms with Crippen LogP contribution in [0.1, 0.15) is 18.4 Å². The lowest BCUT2D eigenvalue weighted by atomic mass is 10.2. The number of fused-ring (bicyclic) bond motifs is 1. The van der Waals surface area contributed by atoms with Crippen LogP contribution in [0.3, 0.4) is 0 Å². The molecule has 6 heteroatoms. The van der Waals surface area contributed by atoms with Gasteiger partial charge in [-0.25, -0.2) is 4.98 Å². The number of benzene rings is 2. The van der Waals surface area contributed by atoms with Crippen LogP contribution >= 0.6 is 22.9 Å². The minimum atomic E-state index is -0.0505. The van der Waals surface area contributed by atoms with Gasteiger partial charge in [-0.3, -0.25) is 4.79 Å². The summed E-state index contributed by atoms with van der Waals surface area (Å²) in [5, 5.41) is 4.17. The van der Waals surface area contributed by atoms with Gasteiger partial charge in [0.05, 0.1) is 16.8 Å². The van der Waals surface area contributed by atoms with Crippen molar-refractivity contribution >= 4 is 44.2 Å². The molecule has 0 fully saturated rings. The van der Waals surface area contributed by atoms with E-state index in [0.29, 0.717) is 29.6 Å². The zero-order valence-corrected chi connectivity index (χ0v) is 14.8. The monoisotopic (exact) mass is 360 g/mol. The van der Waals surface area contributed by atoms with E-state index in [0.717, 1.165) is 21.5 Å². The maximum atomic E-state index is 12.0. The Labute approximate surface area is 149 Å². The zero-order chi connectivity index (χ0) is 16.9. The maximum absolute atomic E-state index is 12.0. The molecule has 1 heterocycles. The summed E-state index contributed by atoms with van der Waals surface area (Å²) in [7, 11) is 0. The molecule has 124 valence electrons. The number of aromatic nitrogens is 1. The van der Waals surface area contributed by atoms with E-state index >= 15 is 0 Å². The van der Waals surface area contributed by atoms with Crippen molar-refractivity contribution in [1.29, 1.82) is 0 Å².